The van der Waals surface area contributed by atoms with Crippen molar-refractivity contribution in [1.29, 1.82) is 0 Å². The molecule has 8 nitrogen and oxygen atoms in total. The number of aliphatic hydroxyl groups excluding tert-OH is 2. The first-order valence-corrected chi connectivity index (χ1v) is 5.21. The predicted molar refractivity (Wildman–Crippen MR) is 55.0 cm³/mol. The first-order chi connectivity index (χ1) is 8.08. The van der Waals surface area contributed by atoms with Gasteiger partial charge in [-0.2, -0.15) is 0 Å². The highest BCUT2D eigenvalue weighted by molar-refractivity contribution is 5.95. The van der Waals surface area contributed by atoms with E-state index in [1.807, 2.05) is 0 Å². The second-order valence-corrected chi connectivity index (χ2v) is 4.18. The van der Waals surface area contributed by atoms with Crippen LogP contribution in [0, 0.1) is 0 Å². The Hall–Kier alpha value is -1.64. The van der Waals surface area contributed by atoms with Gasteiger partial charge in [-0.05, 0) is 0 Å². The minimum Gasteiger partial charge on any atom is -0.387 e. The summed E-state index contributed by atoms with van der Waals surface area (Å²) in [6.07, 6.45) is -1.83. The van der Waals surface area contributed by atoms with Gasteiger partial charge in [0.05, 0.1) is 12.9 Å². The summed E-state index contributed by atoms with van der Waals surface area (Å²) >= 11 is 0. The average molecular weight is 240 g/mol. The molecule has 1 fully saturated rings. The Morgan fingerprint density at radius 1 is 1.59 bits per heavy atom. The third-order valence-electron chi connectivity index (χ3n) is 3.09. The molecular formula is C9H12N4O4. The number of carbonyl (C=O) groups excluding carboxylic acids is 1. The number of primary amides is 1. The molecule has 1 aromatic heterocycles. The van der Waals surface area contributed by atoms with E-state index >= 15 is 0 Å². The highest BCUT2D eigenvalue weighted by atomic mass is 16.6. The average Bonchev–Trinajstić information content (AvgIpc) is 2.70. The van der Waals surface area contributed by atoms with E-state index in [2.05, 4.69) is 10.3 Å². The minimum atomic E-state index is -1.04. The molecule has 1 aromatic rings. The second-order valence-electron chi connectivity index (χ2n) is 4.18. The van der Waals surface area contributed by atoms with Crippen LogP contribution in [-0.2, 0) is 11.3 Å². The number of anilines is 1. The molecule has 3 rings (SSSR count). The summed E-state index contributed by atoms with van der Waals surface area (Å²) in [5.74, 6) is -0.241. The molecule has 1 amide bonds. The van der Waals surface area contributed by atoms with E-state index in [0.29, 0.717) is 12.4 Å². The molecule has 3 unspecified atom stereocenters. The highest BCUT2D eigenvalue weighted by Gasteiger charge is 2.45. The van der Waals surface area contributed by atoms with Gasteiger partial charge in [0.2, 0.25) is 0 Å². The van der Waals surface area contributed by atoms with Gasteiger partial charge in [0.25, 0.3) is 5.91 Å². The van der Waals surface area contributed by atoms with Crippen molar-refractivity contribution in [3.8, 4) is 0 Å². The summed E-state index contributed by atoms with van der Waals surface area (Å²) in [4.78, 5) is 15.0. The third kappa shape index (κ3) is 1.42. The molecule has 3 heterocycles. The fourth-order valence-electron chi connectivity index (χ4n) is 2.20. The minimum absolute atomic E-state index is 0.0999. The molecular weight excluding hydrogens is 228 g/mol. The maximum absolute atomic E-state index is 11.2. The van der Waals surface area contributed by atoms with Gasteiger partial charge in [-0.15, -0.1) is 0 Å². The molecule has 92 valence electrons. The van der Waals surface area contributed by atoms with Crippen molar-refractivity contribution in [3.63, 3.8) is 0 Å². The van der Waals surface area contributed by atoms with Gasteiger partial charge in [0, 0.05) is 0 Å². The molecule has 1 saturated heterocycles. The quantitative estimate of drug-likeness (QED) is 0.444. The highest BCUT2D eigenvalue weighted by Crippen LogP contribution is 2.30. The smallest absolute Gasteiger partial charge is 0.271 e. The van der Waals surface area contributed by atoms with Crippen LogP contribution in [0.15, 0.2) is 6.33 Å². The molecule has 0 saturated carbocycles. The number of rotatable bonds is 1. The summed E-state index contributed by atoms with van der Waals surface area (Å²) < 4.78 is 7.05. The number of carbonyl (C=O) groups is 1. The molecule has 2 aliphatic rings. The van der Waals surface area contributed by atoms with Crippen molar-refractivity contribution < 1.29 is 19.7 Å². The van der Waals surface area contributed by atoms with E-state index in [9.17, 15) is 15.0 Å². The normalized spacial score (nSPS) is 34.9. The molecule has 0 spiro atoms. The van der Waals surface area contributed by atoms with Crippen molar-refractivity contribution in [1.82, 2.24) is 9.55 Å². The largest absolute Gasteiger partial charge is 0.387 e. The van der Waals surface area contributed by atoms with E-state index in [1.165, 1.54) is 6.33 Å². The number of aromatic nitrogens is 2. The van der Waals surface area contributed by atoms with E-state index in [0.717, 1.165) is 0 Å². The van der Waals surface area contributed by atoms with Crippen LogP contribution in [0.4, 0.5) is 5.82 Å². The van der Waals surface area contributed by atoms with Gasteiger partial charge < -0.3 is 30.6 Å². The lowest BCUT2D eigenvalue weighted by Crippen LogP contribution is -2.39. The number of imidazole rings is 1. The topological polar surface area (TPSA) is 123 Å². The zero-order valence-electron chi connectivity index (χ0n) is 8.78. The number of aliphatic hydroxyl groups is 2. The van der Waals surface area contributed by atoms with Crippen LogP contribution in [0.2, 0.25) is 0 Å². The summed E-state index contributed by atoms with van der Waals surface area (Å²) in [7, 11) is 0. The number of hydrogen-bond donors (Lipinski definition) is 4. The zero-order chi connectivity index (χ0) is 12.2. The molecule has 8 heteroatoms. The first kappa shape index (κ1) is 10.5. The molecule has 0 aliphatic carbocycles. The van der Waals surface area contributed by atoms with Crippen molar-refractivity contribution in [3.05, 3.63) is 12.0 Å². The summed E-state index contributed by atoms with van der Waals surface area (Å²) in [6.45, 7) is 0.303. The maximum Gasteiger partial charge on any atom is 0.271 e. The predicted octanol–water partition coefficient (Wildman–Crippen LogP) is -2.15. The van der Waals surface area contributed by atoms with Crippen LogP contribution in [0.3, 0.4) is 0 Å². The van der Waals surface area contributed by atoms with Crippen LogP contribution in [0.25, 0.3) is 0 Å². The number of hydrogen-bond acceptors (Lipinski definition) is 6. The van der Waals surface area contributed by atoms with Gasteiger partial charge >= 0.3 is 0 Å². The third-order valence-corrected chi connectivity index (χ3v) is 3.09. The van der Waals surface area contributed by atoms with E-state index in [1.54, 1.807) is 4.57 Å². The fraction of sp³-hybridized carbons (Fsp3) is 0.556. The Kier molecular flexibility index (Phi) is 2.12. The van der Waals surface area contributed by atoms with Gasteiger partial charge in [0.15, 0.2) is 11.9 Å². The number of nitrogens with one attached hydrogen (secondary N) is 1. The van der Waals surface area contributed by atoms with Crippen LogP contribution in [0.1, 0.15) is 10.5 Å². The Bertz CT molecular complexity index is 474. The Morgan fingerprint density at radius 2 is 2.35 bits per heavy atom. The lowest BCUT2D eigenvalue weighted by Gasteiger charge is -2.20. The van der Waals surface area contributed by atoms with Crippen molar-refractivity contribution in [2.24, 2.45) is 5.73 Å². The molecule has 17 heavy (non-hydrogen) atoms. The van der Waals surface area contributed by atoms with Gasteiger partial charge in [-0.25, -0.2) is 4.98 Å². The fourth-order valence-corrected chi connectivity index (χ4v) is 2.20. The molecule has 5 N–H and O–H groups in total. The van der Waals surface area contributed by atoms with Gasteiger partial charge in [-0.3, -0.25) is 4.79 Å². The molecule has 4 atom stereocenters. The van der Waals surface area contributed by atoms with Gasteiger partial charge in [-0.1, -0.05) is 0 Å². The lowest BCUT2D eigenvalue weighted by atomic mass is 10.1. The van der Waals surface area contributed by atoms with Crippen LogP contribution >= 0.6 is 0 Å². The summed E-state index contributed by atoms with van der Waals surface area (Å²) in [5.41, 5.74) is 5.29. The monoisotopic (exact) mass is 240 g/mol. The van der Waals surface area contributed by atoms with E-state index in [4.69, 9.17) is 10.5 Å². The van der Waals surface area contributed by atoms with E-state index in [-0.39, 0.29) is 5.69 Å². The van der Waals surface area contributed by atoms with Crippen LogP contribution in [-0.4, -0.2) is 50.2 Å². The number of ether oxygens (including phenoxy) is 1. The Morgan fingerprint density at radius 3 is 3.06 bits per heavy atom. The van der Waals surface area contributed by atoms with E-state index < -0.39 is 30.4 Å². The SMILES string of the molecule is NC(=O)c1ncn2c1NC1OC(C2)[C@@H](O)C1O. The summed E-state index contributed by atoms with van der Waals surface area (Å²) in [5, 5.41) is 22.2. The molecule has 2 aliphatic heterocycles. The number of nitrogens with zero attached hydrogens (tertiary/aromatic N) is 2. The maximum atomic E-state index is 11.2. The lowest BCUT2D eigenvalue weighted by molar-refractivity contribution is 0.0127. The first-order valence-electron chi connectivity index (χ1n) is 5.21. The molecule has 2 bridgehead atoms. The zero-order valence-corrected chi connectivity index (χ0v) is 8.78. The van der Waals surface area contributed by atoms with Crippen molar-refractivity contribution >= 4 is 11.7 Å². The number of amides is 1. The number of nitrogens with two attached hydrogens (primary N) is 1. The van der Waals surface area contributed by atoms with Crippen molar-refractivity contribution in [2.75, 3.05) is 5.32 Å². The van der Waals surface area contributed by atoms with Crippen LogP contribution in [0.5, 0.6) is 0 Å². The number of fused-ring (bicyclic) bond motifs is 3. The molecule has 0 radical (unpaired) electrons. The van der Waals surface area contributed by atoms with Crippen molar-refractivity contribution in [2.45, 2.75) is 31.1 Å². The second kappa shape index (κ2) is 3.42. The Labute approximate surface area is 96.0 Å². The summed E-state index contributed by atoms with van der Waals surface area (Å²) in [6, 6.07) is 0. The standard InChI is InChI=1S/C9H12N4O4/c10-7(16)4-8-12-9-6(15)5(14)3(17-9)1-13(8)2-11-4/h2-3,5-6,9,12,14-15H,1H2,(H2,10,16)/t3?,5-,6?,9?/m1/s1. The molecule has 0 aromatic carbocycles. The Balaban J connectivity index is 2.01. The van der Waals surface area contributed by atoms with Gasteiger partial charge in [0.1, 0.15) is 24.1 Å². The van der Waals surface area contributed by atoms with Crippen LogP contribution < -0.4 is 11.1 Å².